The van der Waals surface area contributed by atoms with Gasteiger partial charge in [0.15, 0.2) is 5.75 Å². The van der Waals surface area contributed by atoms with Crippen LogP contribution in [0.3, 0.4) is 0 Å². The molecule has 0 bridgehead atoms. The van der Waals surface area contributed by atoms with Gasteiger partial charge >= 0.3 is 10.6 Å². The number of nitrogens with zero attached hydrogens (tertiary/aromatic N) is 1. The Bertz CT molecular complexity index is 649. The van der Waals surface area contributed by atoms with Crippen LogP contribution in [0.5, 0.6) is 5.75 Å². The highest BCUT2D eigenvalue weighted by Crippen LogP contribution is 2.34. The molecule has 0 spiro atoms. The highest BCUT2D eigenvalue weighted by Gasteiger charge is 2.20. The van der Waals surface area contributed by atoms with Crippen molar-refractivity contribution in [3.05, 3.63) is 49.1 Å². The molecule has 0 fully saturated rings. The molecule has 7 nitrogen and oxygen atoms in total. The number of nitro benzene ring substituents is 1. The number of H-pyrrole nitrogens is 1. The average Bonchev–Trinajstić information content (AvgIpc) is 2.81. The van der Waals surface area contributed by atoms with E-state index in [1.165, 1.54) is 13.2 Å². The van der Waals surface area contributed by atoms with E-state index in [0.717, 1.165) is 11.3 Å². The van der Waals surface area contributed by atoms with Gasteiger partial charge in [-0.25, -0.2) is 0 Å². The van der Waals surface area contributed by atoms with Crippen LogP contribution in [0.25, 0.3) is 0 Å². The summed E-state index contributed by atoms with van der Waals surface area (Å²) in [7, 11) is 1.38. The number of ether oxygens (including phenoxy) is 1. The summed E-state index contributed by atoms with van der Waals surface area (Å²) in [5.74, 6) is 0.189. The van der Waals surface area contributed by atoms with Gasteiger partial charge in [-0.3, -0.25) is 14.9 Å². The van der Waals surface area contributed by atoms with Crippen LogP contribution < -0.4 is 14.9 Å². The minimum absolute atomic E-state index is 0.123. The van der Waals surface area contributed by atoms with Crippen molar-refractivity contribution in [1.82, 2.24) is 4.98 Å². The Morgan fingerprint density at radius 3 is 2.89 bits per heavy atom. The van der Waals surface area contributed by atoms with Crippen molar-refractivity contribution in [2.45, 2.75) is 6.54 Å². The molecule has 1 aromatic carbocycles. The van der Waals surface area contributed by atoms with Gasteiger partial charge in [0.1, 0.15) is 5.69 Å². The number of nitro groups is 1. The molecule has 0 atom stereocenters. The zero-order valence-corrected chi connectivity index (χ0v) is 10.8. The van der Waals surface area contributed by atoms with Gasteiger partial charge in [-0.15, -0.1) is 0 Å². The molecule has 0 saturated heterocycles. The fourth-order valence-electron chi connectivity index (χ4n) is 1.61. The normalized spacial score (nSPS) is 10.2. The number of nitrogens with one attached hydrogen (secondary N) is 2. The molecule has 100 valence electrons. The number of hydrogen-bond acceptors (Lipinski definition) is 6. The van der Waals surface area contributed by atoms with Crippen molar-refractivity contribution in [2.24, 2.45) is 0 Å². The van der Waals surface area contributed by atoms with Crippen molar-refractivity contribution in [3.63, 3.8) is 0 Å². The zero-order valence-electron chi connectivity index (χ0n) is 10.0. The van der Waals surface area contributed by atoms with Crippen molar-refractivity contribution in [1.29, 1.82) is 0 Å². The molecule has 0 aliphatic heterocycles. The summed E-state index contributed by atoms with van der Waals surface area (Å²) in [6, 6.07) is 4.77. The maximum atomic E-state index is 11.0. The highest BCUT2D eigenvalue weighted by atomic mass is 32.1. The second kappa shape index (κ2) is 5.53. The summed E-state index contributed by atoms with van der Waals surface area (Å²) in [6.07, 6.45) is 0. The molecule has 19 heavy (non-hydrogen) atoms. The third-order valence-electron chi connectivity index (χ3n) is 2.44. The van der Waals surface area contributed by atoms with E-state index in [4.69, 9.17) is 4.74 Å². The summed E-state index contributed by atoms with van der Waals surface area (Å²) in [5.41, 5.74) is 0.895. The number of hydrogen-bond donors (Lipinski definition) is 2. The molecule has 0 aliphatic rings. The number of benzene rings is 1. The van der Waals surface area contributed by atoms with Gasteiger partial charge in [-0.2, -0.15) is 0 Å². The Kier molecular flexibility index (Phi) is 3.81. The number of anilines is 1. The summed E-state index contributed by atoms with van der Waals surface area (Å²) in [4.78, 5) is 24.0. The number of methoxy groups -OCH3 is 1. The van der Waals surface area contributed by atoms with Crippen LogP contribution in [-0.2, 0) is 6.54 Å². The zero-order chi connectivity index (χ0) is 13.8. The maximum Gasteiger partial charge on any atom is 0.333 e. The van der Waals surface area contributed by atoms with Gasteiger partial charge in [0, 0.05) is 11.1 Å². The van der Waals surface area contributed by atoms with Gasteiger partial charge < -0.3 is 15.0 Å². The van der Waals surface area contributed by atoms with Crippen molar-refractivity contribution in [3.8, 4) is 5.75 Å². The minimum Gasteiger partial charge on any atom is -0.490 e. The molecule has 2 aromatic rings. The van der Waals surface area contributed by atoms with Crippen LogP contribution in [-0.4, -0.2) is 17.0 Å². The first-order valence-corrected chi connectivity index (χ1v) is 6.21. The first kappa shape index (κ1) is 13.1. The van der Waals surface area contributed by atoms with E-state index in [2.05, 4.69) is 10.3 Å². The first-order chi connectivity index (χ1) is 9.11. The molecule has 2 N–H and O–H groups in total. The van der Waals surface area contributed by atoms with E-state index in [1.807, 2.05) is 0 Å². The van der Waals surface area contributed by atoms with E-state index in [-0.39, 0.29) is 16.3 Å². The number of rotatable bonds is 5. The van der Waals surface area contributed by atoms with Gasteiger partial charge in [-0.05, 0) is 12.1 Å². The molecular formula is C11H11N3O4S. The van der Waals surface area contributed by atoms with Gasteiger partial charge in [-0.1, -0.05) is 17.4 Å². The summed E-state index contributed by atoms with van der Waals surface area (Å²) >= 11 is 1.05. The van der Waals surface area contributed by atoms with E-state index in [9.17, 15) is 14.9 Å². The highest BCUT2D eigenvalue weighted by molar-refractivity contribution is 7.07. The molecule has 0 radical (unpaired) electrons. The van der Waals surface area contributed by atoms with Crippen molar-refractivity contribution >= 4 is 22.7 Å². The Morgan fingerprint density at radius 2 is 2.32 bits per heavy atom. The molecule has 0 saturated carbocycles. The summed E-state index contributed by atoms with van der Waals surface area (Å²) < 4.78 is 4.97. The Hall–Kier alpha value is -2.35. The summed E-state index contributed by atoms with van der Waals surface area (Å²) in [6.45, 7) is 0.298. The van der Waals surface area contributed by atoms with Crippen molar-refractivity contribution < 1.29 is 9.66 Å². The van der Waals surface area contributed by atoms with E-state index < -0.39 is 4.92 Å². The lowest BCUT2D eigenvalue weighted by molar-refractivity contribution is -0.384. The first-order valence-electron chi connectivity index (χ1n) is 5.33. The van der Waals surface area contributed by atoms with Crippen LogP contribution in [0.4, 0.5) is 11.4 Å². The number of aromatic amines is 1. The maximum absolute atomic E-state index is 11.0. The molecule has 0 aliphatic carbocycles. The Labute approximate surface area is 112 Å². The van der Waals surface area contributed by atoms with Crippen LogP contribution in [0.1, 0.15) is 5.69 Å². The van der Waals surface area contributed by atoms with Gasteiger partial charge in [0.05, 0.1) is 18.6 Å². The van der Waals surface area contributed by atoms with Gasteiger partial charge in [0.25, 0.3) is 0 Å². The quantitative estimate of drug-likeness (QED) is 0.645. The standard InChI is InChI=1S/C11H11N3O4S/c1-18-9-4-2-3-8(10(9)14(16)17)12-5-7-6-19-11(15)13-7/h2-4,6,12H,5H2,1H3,(H,13,15). The predicted octanol–water partition coefficient (Wildman–Crippen LogP) is 1.97. The molecule has 1 heterocycles. The monoisotopic (exact) mass is 281 g/mol. The molecule has 1 aromatic heterocycles. The predicted molar refractivity (Wildman–Crippen MR) is 71.9 cm³/mol. The Balaban J connectivity index is 2.24. The van der Waals surface area contributed by atoms with Crippen molar-refractivity contribution in [2.75, 3.05) is 12.4 Å². The molecular weight excluding hydrogens is 270 g/mol. The van der Waals surface area contributed by atoms with Crippen LogP contribution in [0.2, 0.25) is 0 Å². The van der Waals surface area contributed by atoms with Gasteiger partial charge in [0.2, 0.25) is 0 Å². The number of thiazole rings is 1. The van der Waals surface area contributed by atoms with E-state index in [1.54, 1.807) is 17.5 Å². The number of para-hydroxylation sites is 1. The summed E-state index contributed by atoms with van der Waals surface area (Å²) in [5, 5.41) is 15.6. The second-order valence-electron chi connectivity index (χ2n) is 3.64. The fraction of sp³-hybridized carbons (Fsp3) is 0.182. The molecule has 0 amide bonds. The van der Waals surface area contributed by atoms with Crippen LogP contribution in [0.15, 0.2) is 28.4 Å². The smallest absolute Gasteiger partial charge is 0.333 e. The largest absolute Gasteiger partial charge is 0.490 e. The third kappa shape index (κ3) is 2.91. The second-order valence-corrected chi connectivity index (χ2v) is 4.48. The molecule has 0 unspecified atom stereocenters. The topological polar surface area (TPSA) is 97.3 Å². The van der Waals surface area contributed by atoms with E-state index >= 15 is 0 Å². The Morgan fingerprint density at radius 1 is 1.53 bits per heavy atom. The SMILES string of the molecule is COc1cccc(NCc2csc(=O)[nH]2)c1[N+](=O)[O-]. The third-order valence-corrected chi connectivity index (χ3v) is 3.16. The molecule has 2 rings (SSSR count). The lowest BCUT2D eigenvalue weighted by Crippen LogP contribution is -2.05. The minimum atomic E-state index is -0.502. The lowest BCUT2D eigenvalue weighted by atomic mass is 10.2. The van der Waals surface area contributed by atoms with Crippen LogP contribution >= 0.6 is 11.3 Å². The van der Waals surface area contributed by atoms with Crippen LogP contribution in [0, 0.1) is 10.1 Å². The van der Waals surface area contributed by atoms with E-state index in [0.29, 0.717) is 17.9 Å². The number of aromatic nitrogens is 1. The lowest BCUT2D eigenvalue weighted by Gasteiger charge is -2.08. The fourth-order valence-corrected chi connectivity index (χ4v) is 2.19. The molecule has 8 heteroatoms. The average molecular weight is 281 g/mol.